The minimum absolute atomic E-state index is 6.05. The van der Waals surface area contributed by atoms with Crippen molar-refractivity contribution < 1.29 is 56.9 Å². The van der Waals surface area contributed by atoms with E-state index in [1.807, 2.05) is 0 Å². The zero-order valence-corrected chi connectivity index (χ0v) is 8.81. The standard InChI is InChI=1S/C5H2F10O3S/c6-2(7,5(13,14)15)1(3(8,9)10)4(11,12)19(16,17)18/h1H,(H,16,17,18)/p-1. The highest BCUT2D eigenvalue weighted by molar-refractivity contribution is 7.86. The van der Waals surface area contributed by atoms with Crippen LogP contribution in [0.4, 0.5) is 43.9 Å². The summed E-state index contributed by atoms with van der Waals surface area (Å²) < 4.78 is 150. The van der Waals surface area contributed by atoms with Crippen LogP contribution in [0, 0.1) is 5.92 Å². The summed E-state index contributed by atoms with van der Waals surface area (Å²) >= 11 is 0. The predicted octanol–water partition coefficient (Wildman–Crippen LogP) is 2.50. The molecule has 0 aromatic carbocycles. The largest absolute Gasteiger partial charge is 0.743 e. The van der Waals surface area contributed by atoms with E-state index in [9.17, 15) is 56.9 Å². The summed E-state index contributed by atoms with van der Waals surface area (Å²) in [5.41, 5.74) is 0. The van der Waals surface area contributed by atoms with E-state index in [1.54, 1.807) is 0 Å². The Hall–Kier alpha value is -0.790. The normalized spacial score (nSPS) is 17.4. The number of halogens is 10. The van der Waals surface area contributed by atoms with Crippen molar-refractivity contribution in [3.8, 4) is 0 Å². The third-order valence-corrected chi connectivity index (χ3v) is 2.64. The number of alkyl halides is 10. The van der Waals surface area contributed by atoms with E-state index in [0.29, 0.717) is 0 Å². The summed E-state index contributed by atoms with van der Waals surface area (Å²) in [6.07, 6.45) is -14.1. The maximum absolute atomic E-state index is 12.5. The minimum atomic E-state index is -7.41. The fraction of sp³-hybridized carbons (Fsp3) is 1.00. The van der Waals surface area contributed by atoms with Gasteiger partial charge in [0, 0.05) is 0 Å². The van der Waals surface area contributed by atoms with Crippen LogP contribution in [0.25, 0.3) is 0 Å². The topological polar surface area (TPSA) is 57.2 Å². The second-order valence-corrected chi connectivity index (χ2v) is 4.56. The van der Waals surface area contributed by atoms with Gasteiger partial charge in [-0.25, -0.2) is 8.42 Å². The second-order valence-electron chi connectivity index (χ2n) is 3.11. The smallest absolute Gasteiger partial charge is 0.454 e. The number of rotatable bonds is 3. The molecule has 1 atom stereocenters. The lowest BCUT2D eigenvalue weighted by atomic mass is 10.0. The third kappa shape index (κ3) is 3.21. The van der Waals surface area contributed by atoms with Gasteiger partial charge in [0.2, 0.25) is 5.92 Å². The van der Waals surface area contributed by atoms with Gasteiger partial charge in [-0.3, -0.25) is 0 Å². The van der Waals surface area contributed by atoms with E-state index < -0.39 is 39.6 Å². The van der Waals surface area contributed by atoms with Crippen molar-refractivity contribution >= 4 is 10.1 Å². The van der Waals surface area contributed by atoms with Crippen LogP contribution in [0.2, 0.25) is 0 Å². The Bertz CT molecular complexity index is 431. The maximum Gasteiger partial charge on any atom is 0.454 e. The lowest BCUT2D eigenvalue weighted by Gasteiger charge is -2.35. The quantitative estimate of drug-likeness (QED) is 0.590. The molecule has 0 spiro atoms. The van der Waals surface area contributed by atoms with Gasteiger partial charge in [-0.15, -0.1) is 0 Å². The molecule has 116 valence electrons. The SMILES string of the molecule is O=S(=O)([O-])C(F)(F)C(C(F)(F)F)C(F)(F)C(F)(F)F. The lowest BCUT2D eigenvalue weighted by Crippen LogP contribution is -2.59. The van der Waals surface area contributed by atoms with Crippen LogP contribution in [-0.4, -0.2) is 36.5 Å². The summed E-state index contributed by atoms with van der Waals surface area (Å²) in [4.78, 5) is 0. The Morgan fingerprint density at radius 3 is 1.26 bits per heavy atom. The molecule has 0 amide bonds. The summed E-state index contributed by atoms with van der Waals surface area (Å²) in [5.74, 6) is -13.2. The molecule has 0 saturated heterocycles. The Balaban J connectivity index is 6.20. The van der Waals surface area contributed by atoms with Crippen LogP contribution >= 0.6 is 0 Å². The fourth-order valence-electron chi connectivity index (χ4n) is 0.915. The van der Waals surface area contributed by atoms with Crippen LogP contribution in [0.3, 0.4) is 0 Å². The van der Waals surface area contributed by atoms with E-state index in [1.165, 1.54) is 0 Å². The molecule has 0 aromatic rings. The van der Waals surface area contributed by atoms with Crippen LogP contribution in [0.15, 0.2) is 0 Å². The molecule has 0 bridgehead atoms. The van der Waals surface area contributed by atoms with E-state index >= 15 is 0 Å². The molecular formula is C5HF10O3S-. The van der Waals surface area contributed by atoms with Crippen molar-refractivity contribution in [3.05, 3.63) is 0 Å². The Morgan fingerprint density at radius 2 is 1.11 bits per heavy atom. The van der Waals surface area contributed by atoms with Gasteiger partial charge in [0.25, 0.3) is 0 Å². The van der Waals surface area contributed by atoms with Crippen molar-refractivity contribution in [2.45, 2.75) is 23.5 Å². The molecule has 0 aliphatic carbocycles. The first-order chi connectivity index (χ1) is 7.87. The summed E-state index contributed by atoms with van der Waals surface area (Å²) in [6.45, 7) is 0. The first-order valence-electron chi connectivity index (χ1n) is 3.71. The first-order valence-corrected chi connectivity index (χ1v) is 5.12. The van der Waals surface area contributed by atoms with Crippen LogP contribution in [0.5, 0.6) is 0 Å². The molecule has 0 fully saturated rings. The summed E-state index contributed by atoms with van der Waals surface area (Å²) in [7, 11) is -7.41. The molecule has 0 aliphatic heterocycles. The maximum atomic E-state index is 12.5. The van der Waals surface area contributed by atoms with E-state index in [4.69, 9.17) is 0 Å². The zero-order chi connectivity index (χ0) is 16.1. The molecule has 19 heavy (non-hydrogen) atoms. The molecule has 1 unspecified atom stereocenters. The highest BCUT2D eigenvalue weighted by atomic mass is 32.2. The van der Waals surface area contributed by atoms with Gasteiger partial charge in [-0.05, 0) is 0 Å². The molecule has 0 N–H and O–H groups in total. The molecule has 14 heteroatoms. The monoisotopic (exact) mass is 331 g/mol. The van der Waals surface area contributed by atoms with Gasteiger partial charge in [-0.1, -0.05) is 0 Å². The van der Waals surface area contributed by atoms with E-state index in [0.717, 1.165) is 0 Å². The van der Waals surface area contributed by atoms with Gasteiger partial charge in [0.1, 0.15) is 0 Å². The summed E-state index contributed by atoms with van der Waals surface area (Å²) in [5, 5.41) is -6.90. The Labute approximate surface area is 97.5 Å². The highest BCUT2D eigenvalue weighted by Crippen LogP contribution is 2.54. The lowest BCUT2D eigenvalue weighted by molar-refractivity contribution is -0.368. The first kappa shape index (κ1) is 18.2. The molecule has 0 aliphatic rings. The van der Waals surface area contributed by atoms with Gasteiger partial charge in [0.05, 0.1) is 0 Å². The van der Waals surface area contributed by atoms with Crippen molar-refractivity contribution in [1.29, 1.82) is 0 Å². The molecule has 0 aromatic heterocycles. The number of hydrogen-bond acceptors (Lipinski definition) is 3. The molecule has 0 rings (SSSR count). The van der Waals surface area contributed by atoms with Crippen molar-refractivity contribution in [3.63, 3.8) is 0 Å². The molecular weight excluding hydrogens is 330 g/mol. The molecule has 0 radical (unpaired) electrons. The van der Waals surface area contributed by atoms with Crippen molar-refractivity contribution in [1.82, 2.24) is 0 Å². The minimum Gasteiger partial charge on any atom is -0.743 e. The van der Waals surface area contributed by atoms with Crippen LogP contribution in [0.1, 0.15) is 0 Å². The third-order valence-electron chi connectivity index (χ3n) is 1.74. The second kappa shape index (κ2) is 4.36. The van der Waals surface area contributed by atoms with Crippen molar-refractivity contribution in [2.75, 3.05) is 0 Å². The fourth-order valence-corrected chi connectivity index (χ4v) is 1.49. The van der Waals surface area contributed by atoms with E-state index in [-0.39, 0.29) is 0 Å². The summed E-state index contributed by atoms with van der Waals surface area (Å²) in [6, 6.07) is 0. The van der Waals surface area contributed by atoms with Gasteiger partial charge in [-0.2, -0.15) is 43.9 Å². The van der Waals surface area contributed by atoms with Crippen LogP contribution < -0.4 is 0 Å². The predicted molar refractivity (Wildman–Crippen MR) is 35.2 cm³/mol. The van der Waals surface area contributed by atoms with Crippen LogP contribution in [-0.2, 0) is 10.1 Å². The molecule has 0 heterocycles. The van der Waals surface area contributed by atoms with Gasteiger partial charge >= 0.3 is 23.5 Å². The van der Waals surface area contributed by atoms with Gasteiger partial charge in [0.15, 0.2) is 10.1 Å². The average Bonchev–Trinajstić information content (AvgIpc) is 1.93. The zero-order valence-electron chi connectivity index (χ0n) is 7.99. The Kier molecular flexibility index (Phi) is 4.18. The molecule has 0 saturated carbocycles. The highest BCUT2D eigenvalue weighted by Gasteiger charge is 2.78. The van der Waals surface area contributed by atoms with Crippen molar-refractivity contribution in [2.24, 2.45) is 5.92 Å². The number of hydrogen-bond donors (Lipinski definition) is 0. The Morgan fingerprint density at radius 1 is 0.789 bits per heavy atom. The van der Waals surface area contributed by atoms with E-state index in [2.05, 4.69) is 0 Å². The van der Waals surface area contributed by atoms with Gasteiger partial charge < -0.3 is 4.55 Å². The average molecular weight is 331 g/mol. The molecule has 3 nitrogen and oxygen atoms in total.